The van der Waals surface area contributed by atoms with E-state index in [9.17, 15) is 5.11 Å². The van der Waals surface area contributed by atoms with E-state index in [0.29, 0.717) is 11.4 Å². The number of aromatic nitrogens is 3. The van der Waals surface area contributed by atoms with Crippen LogP contribution in [0, 0.1) is 18.8 Å². The van der Waals surface area contributed by atoms with E-state index in [1.54, 1.807) is 13.3 Å². The van der Waals surface area contributed by atoms with Crippen LogP contribution in [-0.4, -0.2) is 52.3 Å². The molecule has 2 unspecified atom stereocenters. The summed E-state index contributed by atoms with van der Waals surface area (Å²) in [5, 5.41) is 11.9. The Balaban J connectivity index is 1.63. The highest BCUT2D eigenvalue weighted by Gasteiger charge is 2.53. The second-order valence-electron chi connectivity index (χ2n) is 7.93. The monoisotopic (exact) mass is 384 g/mol. The van der Waals surface area contributed by atoms with Gasteiger partial charge in [-0.05, 0) is 37.0 Å². The van der Waals surface area contributed by atoms with Gasteiger partial charge in [0.1, 0.15) is 5.60 Å². The summed E-state index contributed by atoms with van der Waals surface area (Å²) in [5.74, 6) is 0.644. The summed E-state index contributed by atoms with van der Waals surface area (Å²) < 4.78 is 10.6. The zero-order valence-electron chi connectivity index (χ0n) is 16.8. The van der Waals surface area contributed by atoms with Gasteiger partial charge in [-0.3, -0.25) is 9.88 Å². The molecule has 4 rings (SSSR count). The van der Waals surface area contributed by atoms with Crippen molar-refractivity contribution in [3.8, 4) is 11.9 Å². The predicted octanol–water partition coefficient (Wildman–Crippen LogP) is 2.32. The van der Waals surface area contributed by atoms with Crippen LogP contribution in [0.3, 0.4) is 0 Å². The first kappa shape index (κ1) is 19.1. The Morgan fingerprint density at radius 1 is 1.18 bits per heavy atom. The highest BCUT2D eigenvalue weighted by atomic mass is 16.5. The van der Waals surface area contributed by atoms with Crippen LogP contribution in [0.1, 0.15) is 36.0 Å². The third-order valence-corrected chi connectivity index (χ3v) is 6.38. The van der Waals surface area contributed by atoms with Crippen molar-refractivity contribution in [2.24, 2.45) is 11.8 Å². The van der Waals surface area contributed by atoms with E-state index in [-0.39, 0.29) is 17.8 Å². The van der Waals surface area contributed by atoms with Crippen molar-refractivity contribution in [1.29, 1.82) is 0 Å². The second-order valence-corrected chi connectivity index (χ2v) is 7.93. The van der Waals surface area contributed by atoms with Crippen molar-refractivity contribution in [2.45, 2.75) is 38.3 Å². The molecule has 28 heavy (non-hydrogen) atoms. The number of likely N-dealkylation sites (tertiary alicyclic amines) is 1. The van der Waals surface area contributed by atoms with Gasteiger partial charge < -0.3 is 14.6 Å². The van der Waals surface area contributed by atoms with Crippen LogP contribution < -0.4 is 9.47 Å². The van der Waals surface area contributed by atoms with E-state index in [1.165, 1.54) is 18.2 Å². The molecule has 1 aliphatic carbocycles. The van der Waals surface area contributed by atoms with Crippen LogP contribution in [0.5, 0.6) is 11.9 Å². The molecule has 0 radical (unpaired) electrons. The lowest BCUT2D eigenvalue weighted by Gasteiger charge is -2.53. The van der Waals surface area contributed by atoms with Gasteiger partial charge in [0.05, 0.1) is 19.8 Å². The number of ether oxygens (including phenoxy) is 2. The Hall–Kier alpha value is -2.25. The molecule has 0 amide bonds. The Bertz CT molecular complexity index is 830. The standard InChI is InChI=1S/C21H28N4O3/c1-14-9-22-8-7-15(14)11-25-12-16-5-4-6-17(13-25)21(16,26)18-10-23-20(28-3)24-19(18)27-2/h7-10,16-17,26H,4-6,11-13H2,1-3H3. The van der Waals surface area contributed by atoms with E-state index >= 15 is 0 Å². The molecule has 1 aliphatic heterocycles. The SMILES string of the molecule is COc1ncc(C2(O)C3CCCC2CN(Cc2ccncc2C)C3)c(OC)n1. The Kier molecular flexibility index (Phi) is 5.21. The van der Waals surface area contributed by atoms with Gasteiger partial charge in [-0.25, -0.2) is 4.98 Å². The number of hydrogen-bond acceptors (Lipinski definition) is 7. The first-order chi connectivity index (χ1) is 13.6. The number of piperidine rings is 1. The topological polar surface area (TPSA) is 80.6 Å². The summed E-state index contributed by atoms with van der Waals surface area (Å²) in [7, 11) is 3.10. The largest absolute Gasteiger partial charge is 0.481 e. The minimum Gasteiger partial charge on any atom is -0.481 e. The van der Waals surface area contributed by atoms with E-state index in [4.69, 9.17) is 9.47 Å². The maximum atomic E-state index is 11.9. The molecule has 1 N–H and O–H groups in total. The van der Waals surface area contributed by atoms with Crippen molar-refractivity contribution < 1.29 is 14.6 Å². The van der Waals surface area contributed by atoms with E-state index < -0.39 is 5.60 Å². The number of rotatable bonds is 5. The number of fused-ring (bicyclic) bond motifs is 2. The molecule has 2 aromatic rings. The van der Waals surface area contributed by atoms with Gasteiger partial charge in [-0.1, -0.05) is 6.42 Å². The van der Waals surface area contributed by atoms with Crippen LogP contribution in [0.25, 0.3) is 0 Å². The molecule has 3 heterocycles. The molecule has 0 spiro atoms. The Labute approximate surface area is 165 Å². The zero-order chi connectivity index (χ0) is 19.7. The summed E-state index contributed by atoms with van der Waals surface area (Å²) in [4.78, 5) is 15.2. The minimum absolute atomic E-state index is 0.119. The van der Waals surface area contributed by atoms with Gasteiger partial charge >= 0.3 is 6.01 Å². The highest BCUT2D eigenvalue weighted by molar-refractivity contribution is 5.34. The lowest BCUT2D eigenvalue weighted by atomic mass is 9.63. The van der Waals surface area contributed by atoms with Crippen molar-refractivity contribution in [2.75, 3.05) is 27.3 Å². The summed E-state index contributed by atoms with van der Waals surface area (Å²) in [6.45, 7) is 4.66. The van der Waals surface area contributed by atoms with Gasteiger partial charge in [0.2, 0.25) is 5.88 Å². The molecule has 150 valence electrons. The number of pyridine rings is 1. The van der Waals surface area contributed by atoms with Crippen molar-refractivity contribution >= 4 is 0 Å². The fourth-order valence-corrected chi connectivity index (χ4v) is 4.91. The van der Waals surface area contributed by atoms with Crippen LogP contribution in [-0.2, 0) is 12.1 Å². The number of nitrogens with zero attached hydrogens (tertiary/aromatic N) is 4. The first-order valence-electron chi connectivity index (χ1n) is 9.86. The molecule has 2 atom stereocenters. The fourth-order valence-electron chi connectivity index (χ4n) is 4.91. The summed E-state index contributed by atoms with van der Waals surface area (Å²) in [5.41, 5.74) is 2.22. The molecule has 2 fully saturated rings. The normalized spacial score (nSPS) is 27.4. The Morgan fingerprint density at radius 3 is 2.57 bits per heavy atom. The van der Waals surface area contributed by atoms with Crippen LogP contribution in [0.4, 0.5) is 0 Å². The molecule has 2 aromatic heterocycles. The van der Waals surface area contributed by atoms with Gasteiger partial charge in [0.15, 0.2) is 0 Å². The Morgan fingerprint density at radius 2 is 1.93 bits per heavy atom. The van der Waals surface area contributed by atoms with Gasteiger partial charge in [0, 0.05) is 50.1 Å². The maximum Gasteiger partial charge on any atom is 0.319 e. The molecule has 2 bridgehead atoms. The lowest BCUT2D eigenvalue weighted by Crippen LogP contribution is -2.58. The molecular weight excluding hydrogens is 356 g/mol. The molecule has 7 nitrogen and oxygen atoms in total. The van der Waals surface area contributed by atoms with E-state index in [1.807, 2.05) is 12.4 Å². The minimum atomic E-state index is -0.973. The number of aliphatic hydroxyl groups is 1. The average Bonchev–Trinajstić information content (AvgIpc) is 2.70. The average molecular weight is 384 g/mol. The summed E-state index contributed by atoms with van der Waals surface area (Å²) >= 11 is 0. The molecule has 7 heteroatoms. The quantitative estimate of drug-likeness (QED) is 0.847. The number of aryl methyl sites for hydroxylation is 1. The molecule has 1 saturated heterocycles. The third-order valence-electron chi connectivity index (χ3n) is 6.38. The third kappa shape index (κ3) is 3.22. The van der Waals surface area contributed by atoms with Gasteiger partial charge in [-0.2, -0.15) is 4.98 Å². The number of methoxy groups -OCH3 is 2. The van der Waals surface area contributed by atoms with Crippen LogP contribution in [0.15, 0.2) is 24.7 Å². The fraction of sp³-hybridized carbons (Fsp3) is 0.571. The van der Waals surface area contributed by atoms with Crippen LogP contribution >= 0.6 is 0 Å². The van der Waals surface area contributed by atoms with Gasteiger partial charge in [-0.15, -0.1) is 0 Å². The highest BCUT2D eigenvalue weighted by Crippen LogP contribution is 2.51. The molecule has 2 aliphatic rings. The summed E-state index contributed by atoms with van der Waals surface area (Å²) in [6, 6.07) is 2.34. The van der Waals surface area contributed by atoms with E-state index in [2.05, 4.69) is 32.8 Å². The molecule has 1 saturated carbocycles. The molecule has 0 aromatic carbocycles. The van der Waals surface area contributed by atoms with Crippen molar-refractivity contribution in [3.05, 3.63) is 41.3 Å². The predicted molar refractivity (Wildman–Crippen MR) is 104 cm³/mol. The van der Waals surface area contributed by atoms with Gasteiger partial charge in [0.25, 0.3) is 0 Å². The van der Waals surface area contributed by atoms with E-state index in [0.717, 1.165) is 38.9 Å². The molecular formula is C21H28N4O3. The van der Waals surface area contributed by atoms with Crippen molar-refractivity contribution in [1.82, 2.24) is 19.9 Å². The lowest BCUT2D eigenvalue weighted by molar-refractivity contribution is -0.149. The maximum absolute atomic E-state index is 11.9. The first-order valence-corrected chi connectivity index (χ1v) is 9.86. The smallest absolute Gasteiger partial charge is 0.319 e. The van der Waals surface area contributed by atoms with Crippen LogP contribution in [0.2, 0.25) is 0 Å². The zero-order valence-corrected chi connectivity index (χ0v) is 16.8. The second kappa shape index (κ2) is 7.64. The summed E-state index contributed by atoms with van der Waals surface area (Å²) in [6.07, 6.45) is 8.54. The van der Waals surface area contributed by atoms with Crippen molar-refractivity contribution in [3.63, 3.8) is 0 Å². The number of hydrogen-bond donors (Lipinski definition) is 1.